The van der Waals surface area contributed by atoms with Gasteiger partial charge < -0.3 is 19.3 Å². The number of hydrogen-bond acceptors (Lipinski definition) is 6. The molecule has 338 valence electrons. The molecule has 0 aliphatic heterocycles. The zero-order valence-corrected chi connectivity index (χ0v) is 39.1. The summed E-state index contributed by atoms with van der Waals surface area (Å²) in [5, 5.41) is 0. The molecule has 1 aromatic carbocycles. The predicted molar refractivity (Wildman–Crippen MR) is 250 cm³/mol. The summed E-state index contributed by atoms with van der Waals surface area (Å²) in [6, 6.07) is 6.77. The van der Waals surface area contributed by atoms with Crippen molar-refractivity contribution in [1.29, 1.82) is 0 Å². The summed E-state index contributed by atoms with van der Waals surface area (Å²) >= 11 is 0. The average molecular weight is 813 g/mol. The van der Waals surface area contributed by atoms with Crippen molar-refractivity contribution in [1.82, 2.24) is 9.80 Å². The molecule has 0 unspecified atom stereocenters. The lowest BCUT2D eigenvalue weighted by molar-refractivity contribution is 0.0493. The predicted octanol–water partition coefficient (Wildman–Crippen LogP) is 15.2. The Balaban J connectivity index is 2.07. The monoisotopic (exact) mass is 813 g/mol. The molecule has 0 bridgehead atoms. The van der Waals surface area contributed by atoms with E-state index in [2.05, 4.69) is 37.5 Å². The van der Waals surface area contributed by atoms with E-state index in [4.69, 9.17) is 9.47 Å². The SMILES string of the molecule is CCCCCCCCCCCCCCCCN(CC)CCCCOC(=O)c1cccc(C(=O)OCCCCN(CC)CCCCCCCCCCCCCCCC)c1. The normalized spacial score (nSPS) is 11.6. The Morgan fingerprint density at radius 1 is 0.379 bits per heavy atom. The molecule has 0 radical (unpaired) electrons. The highest BCUT2D eigenvalue weighted by Crippen LogP contribution is 2.16. The van der Waals surface area contributed by atoms with E-state index in [9.17, 15) is 9.59 Å². The number of nitrogens with zero attached hydrogens (tertiary/aromatic N) is 2. The van der Waals surface area contributed by atoms with Gasteiger partial charge in [0.15, 0.2) is 0 Å². The second kappa shape index (κ2) is 41.8. The van der Waals surface area contributed by atoms with Crippen molar-refractivity contribution in [2.24, 2.45) is 0 Å². The number of carbonyl (C=O) groups is 2. The van der Waals surface area contributed by atoms with Gasteiger partial charge in [0.05, 0.1) is 24.3 Å². The van der Waals surface area contributed by atoms with Gasteiger partial charge in [-0.15, -0.1) is 0 Å². The first kappa shape index (κ1) is 54.1. The number of ether oxygens (including phenoxy) is 2. The van der Waals surface area contributed by atoms with Crippen LogP contribution >= 0.6 is 0 Å². The van der Waals surface area contributed by atoms with Crippen molar-refractivity contribution in [2.75, 3.05) is 52.5 Å². The standard InChI is InChI=1S/C52H96N2O4/c1-5-9-11-13-15-17-19-21-23-25-27-29-31-33-42-53(7-3)44-35-37-46-57-51(55)49-40-39-41-50(48-49)52(56)58-47-38-36-45-54(8-4)43-34-32-30-28-26-24-22-20-18-16-14-12-10-6-2/h39-41,48H,5-38,42-47H2,1-4H3. The van der Waals surface area contributed by atoms with Gasteiger partial charge >= 0.3 is 11.9 Å². The largest absolute Gasteiger partial charge is 0.462 e. The number of hydrogen-bond donors (Lipinski definition) is 0. The van der Waals surface area contributed by atoms with E-state index < -0.39 is 0 Å². The molecule has 0 aromatic heterocycles. The van der Waals surface area contributed by atoms with Gasteiger partial charge in [-0.3, -0.25) is 0 Å². The van der Waals surface area contributed by atoms with Gasteiger partial charge in [0, 0.05) is 0 Å². The van der Waals surface area contributed by atoms with Crippen molar-refractivity contribution < 1.29 is 19.1 Å². The van der Waals surface area contributed by atoms with Crippen LogP contribution in [0.5, 0.6) is 0 Å². The molecule has 0 fully saturated rings. The third-order valence-corrected chi connectivity index (χ3v) is 12.1. The van der Waals surface area contributed by atoms with E-state index >= 15 is 0 Å². The molecular weight excluding hydrogens is 717 g/mol. The van der Waals surface area contributed by atoms with Crippen LogP contribution in [0.1, 0.15) is 254 Å². The molecular formula is C52H96N2O4. The van der Waals surface area contributed by atoms with Crippen LogP contribution in [0.2, 0.25) is 0 Å². The van der Waals surface area contributed by atoms with Crippen molar-refractivity contribution >= 4 is 11.9 Å². The zero-order valence-electron chi connectivity index (χ0n) is 39.1. The fourth-order valence-electron chi connectivity index (χ4n) is 8.06. The quantitative estimate of drug-likeness (QED) is 0.0483. The summed E-state index contributed by atoms with van der Waals surface area (Å²) in [6.45, 7) is 16.4. The Bertz CT molecular complexity index is 971. The number of rotatable bonds is 44. The fourth-order valence-corrected chi connectivity index (χ4v) is 8.06. The molecule has 6 heteroatoms. The van der Waals surface area contributed by atoms with Crippen LogP contribution in [-0.2, 0) is 9.47 Å². The van der Waals surface area contributed by atoms with Gasteiger partial charge in [-0.2, -0.15) is 0 Å². The lowest BCUT2D eigenvalue weighted by Crippen LogP contribution is -2.26. The molecule has 1 rings (SSSR count). The maximum absolute atomic E-state index is 12.8. The molecule has 0 aliphatic carbocycles. The summed E-state index contributed by atoms with van der Waals surface area (Å²) in [4.78, 5) is 30.6. The van der Waals surface area contributed by atoms with Gasteiger partial charge in [-0.25, -0.2) is 9.59 Å². The molecule has 0 heterocycles. The number of carbonyl (C=O) groups excluding carboxylic acids is 2. The number of esters is 2. The minimum atomic E-state index is -0.372. The highest BCUT2D eigenvalue weighted by atomic mass is 16.5. The maximum Gasteiger partial charge on any atom is 0.338 e. The molecule has 6 nitrogen and oxygen atoms in total. The van der Waals surface area contributed by atoms with Gasteiger partial charge in [-0.05, 0) is 96.0 Å². The highest BCUT2D eigenvalue weighted by molar-refractivity contribution is 5.95. The maximum atomic E-state index is 12.8. The molecule has 0 saturated carbocycles. The second-order valence-electron chi connectivity index (χ2n) is 17.3. The summed E-state index contributed by atoms with van der Waals surface area (Å²) in [5.74, 6) is -0.745. The van der Waals surface area contributed by atoms with E-state index in [0.717, 1.165) is 65.0 Å². The second-order valence-corrected chi connectivity index (χ2v) is 17.3. The van der Waals surface area contributed by atoms with E-state index in [0.29, 0.717) is 24.3 Å². The zero-order chi connectivity index (χ0) is 42.0. The molecule has 1 aromatic rings. The Labute approximate surface area is 360 Å². The van der Waals surface area contributed by atoms with Crippen LogP contribution in [-0.4, -0.2) is 74.2 Å². The summed E-state index contributed by atoms with van der Waals surface area (Å²) in [6.07, 6.45) is 42.7. The summed E-state index contributed by atoms with van der Waals surface area (Å²) in [5.41, 5.74) is 0.814. The average Bonchev–Trinajstić information content (AvgIpc) is 3.24. The Morgan fingerprint density at radius 2 is 0.638 bits per heavy atom. The highest BCUT2D eigenvalue weighted by Gasteiger charge is 2.13. The molecule has 0 amide bonds. The van der Waals surface area contributed by atoms with Gasteiger partial charge in [0.2, 0.25) is 0 Å². The number of benzene rings is 1. The topological polar surface area (TPSA) is 59.1 Å². The van der Waals surface area contributed by atoms with Crippen LogP contribution in [0.4, 0.5) is 0 Å². The van der Waals surface area contributed by atoms with E-state index in [-0.39, 0.29) is 11.9 Å². The summed E-state index contributed by atoms with van der Waals surface area (Å²) < 4.78 is 11.2. The Kier molecular flexibility index (Phi) is 39.0. The molecule has 0 spiro atoms. The van der Waals surface area contributed by atoms with Crippen LogP contribution in [0.15, 0.2) is 24.3 Å². The third kappa shape index (κ3) is 32.9. The van der Waals surface area contributed by atoms with Crippen LogP contribution < -0.4 is 0 Å². The van der Waals surface area contributed by atoms with E-state index in [1.807, 2.05) is 0 Å². The molecule has 0 N–H and O–H groups in total. The number of unbranched alkanes of at least 4 members (excludes halogenated alkanes) is 28. The van der Waals surface area contributed by atoms with Gasteiger partial charge in [-0.1, -0.05) is 201 Å². The van der Waals surface area contributed by atoms with Gasteiger partial charge in [0.1, 0.15) is 0 Å². The van der Waals surface area contributed by atoms with Crippen LogP contribution in [0.25, 0.3) is 0 Å². The molecule has 0 aliphatic rings. The van der Waals surface area contributed by atoms with E-state index in [1.54, 1.807) is 24.3 Å². The summed E-state index contributed by atoms with van der Waals surface area (Å²) in [7, 11) is 0. The van der Waals surface area contributed by atoms with E-state index in [1.165, 1.54) is 180 Å². The van der Waals surface area contributed by atoms with Crippen molar-refractivity contribution in [2.45, 2.75) is 233 Å². The Morgan fingerprint density at radius 3 is 0.914 bits per heavy atom. The van der Waals surface area contributed by atoms with Crippen molar-refractivity contribution in [3.05, 3.63) is 35.4 Å². The Hall–Kier alpha value is -1.92. The van der Waals surface area contributed by atoms with Gasteiger partial charge in [0.25, 0.3) is 0 Å². The minimum Gasteiger partial charge on any atom is -0.462 e. The van der Waals surface area contributed by atoms with Crippen molar-refractivity contribution in [3.63, 3.8) is 0 Å². The first-order valence-corrected chi connectivity index (χ1v) is 25.4. The minimum absolute atomic E-state index is 0.372. The van der Waals surface area contributed by atoms with Crippen LogP contribution in [0, 0.1) is 0 Å². The molecule has 0 atom stereocenters. The first-order chi connectivity index (χ1) is 28.5. The lowest BCUT2D eigenvalue weighted by Gasteiger charge is -2.20. The first-order valence-electron chi connectivity index (χ1n) is 25.4. The molecule has 58 heavy (non-hydrogen) atoms. The fraction of sp³-hybridized carbons (Fsp3) is 0.846. The smallest absolute Gasteiger partial charge is 0.338 e. The van der Waals surface area contributed by atoms with Crippen LogP contribution in [0.3, 0.4) is 0 Å². The molecule has 0 saturated heterocycles. The lowest BCUT2D eigenvalue weighted by atomic mass is 10.0. The van der Waals surface area contributed by atoms with Crippen molar-refractivity contribution in [3.8, 4) is 0 Å². The third-order valence-electron chi connectivity index (χ3n) is 12.1.